The van der Waals surface area contributed by atoms with Crippen molar-refractivity contribution >= 4 is 6.03 Å². The Bertz CT molecular complexity index is 528. The van der Waals surface area contributed by atoms with Crippen molar-refractivity contribution in [2.24, 2.45) is 0 Å². The fourth-order valence-corrected chi connectivity index (χ4v) is 1.98. The van der Waals surface area contributed by atoms with Gasteiger partial charge in [-0.25, -0.2) is 4.79 Å². The molecule has 23 heavy (non-hydrogen) atoms. The lowest BCUT2D eigenvalue weighted by Gasteiger charge is -2.26. The van der Waals surface area contributed by atoms with Gasteiger partial charge in [-0.05, 0) is 25.0 Å². The first-order valence-corrected chi connectivity index (χ1v) is 7.40. The van der Waals surface area contributed by atoms with Crippen molar-refractivity contribution in [2.75, 3.05) is 13.1 Å². The van der Waals surface area contributed by atoms with E-state index in [1.807, 2.05) is 0 Å². The van der Waals surface area contributed by atoms with Gasteiger partial charge in [0.05, 0.1) is 11.7 Å². The number of alkyl halides is 3. The van der Waals surface area contributed by atoms with Crippen LogP contribution >= 0.6 is 0 Å². The molecule has 0 bridgehead atoms. The first-order chi connectivity index (χ1) is 10.5. The molecule has 0 spiro atoms. The lowest BCUT2D eigenvalue weighted by Crippen LogP contribution is -2.43. The molecule has 0 aliphatic carbocycles. The second-order valence-corrected chi connectivity index (χ2v) is 6.21. The molecule has 130 valence electrons. The zero-order valence-electron chi connectivity index (χ0n) is 13.5. The molecule has 3 N–H and O–H groups in total. The molecule has 0 radical (unpaired) electrons. The minimum Gasteiger partial charge on any atom is -0.393 e. The van der Waals surface area contributed by atoms with Gasteiger partial charge in [0.15, 0.2) is 0 Å². The molecule has 1 unspecified atom stereocenters. The van der Waals surface area contributed by atoms with E-state index in [9.17, 15) is 18.0 Å². The number of aliphatic hydroxyl groups excluding tert-OH is 1. The van der Waals surface area contributed by atoms with Crippen LogP contribution in [0.15, 0.2) is 24.3 Å². The summed E-state index contributed by atoms with van der Waals surface area (Å²) in [5, 5.41) is 14.3. The smallest absolute Gasteiger partial charge is 0.393 e. The van der Waals surface area contributed by atoms with Crippen molar-refractivity contribution in [3.8, 4) is 0 Å². The average Bonchev–Trinajstić information content (AvgIpc) is 2.44. The number of hydrogen-bond acceptors (Lipinski definition) is 2. The zero-order valence-corrected chi connectivity index (χ0v) is 13.5. The van der Waals surface area contributed by atoms with Crippen molar-refractivity contribution in [1.29, 1.82) is 0 Å². The number of aliphatic hydroxyl groups is 1. The fourth-order valence-electron chi connectivity index (χ4n) is 1.98. The lowest BCUT2D eigenvalue weighted by molar-refractivity contribution is -0.137. The highest BCUT2D eigenvalue weighted by molar-refractivity contribution is 5.73. The van der Waals surface area contributed by atoms with Crippen molar-refractivity contribution in [3.05, 3.63) is 35.4 Å². The van der Waals surface area contributed by atoms with Crippen LogP contribution < -0.4 is 10.6 Å². The Labute approximate surface area is 134 Å². The maximum atomic E-state index is 12.8. The Morgan fingerprint density at radius 2 is 1.83 bits per heavy atom. The van der Waals surface area contributed by atoms with Crippen LogP contribution in [0.25, 0.3) is 0 Å². The van der Waals surface area contributed by atoms with Gasteiger partial charge >= 0.3 is 12.2 Å². The van der Waals surface area contributed by atoms with Crippen LogP contribution in [0.4, 0.5) is 18.0 Å². The van der Waals surface area contributed by atoms with E-state index in [0.717, 1.165) is 12.1 Å². The van der Waals surface area contributed by atoms with Gasteiger partial charge in [0, 0.05) is 18.5 Å². The first kappa shape index (κ1) is 19.3. The number of amides is 2. The normalized spacial score (nSPS) is 13.5. The van der Waals surface area contributed by atoms with Crippen molar-refractivity contribution in [1.82, 2.24) is 10.6 Å². The molecule has 0 heterocycles. The van der Waals surface area contributed by atoms with Gasteiger partial charge in [0.2, 0.25) is 0 Å². The highest BCUT2D eigenvalue weighted by Gasteiger charge is 2.32. The summed E-state index contributed by atoms with van der Waals surface area (Å²) in [6, 6.07) is 4.69. The zero-order chi connectivity index (χ0) is 17.7. The number of carbonyl (C=O) groups excluding carboxylic acids is 1. The van der Waals surface area contributed by atoms with Gasteiger partial charge < -0.3 is 15.7 Å². The highest BCUT2D eigenvalue weighted by Crippen LogP contribution is 2.32. The molecule has 0 aromatic heterocycles. The highest BCUT2D eigenvalue weighted by atomic mass is 19.4. The Kier molecular flexibility index (Phi) is 6.44. The van der Waals surface area contributed by atoms with Crippen molar-refractivity contribution in [2.45, 2.75) is 44.9 Å². The standard InChI is InChI=1S/C16H23F3N2O2/c1-11(22)7-8-20-14(23)21-10-15(2,3)12-5-4-6-13(9-12)16(17,18)19/h4-6,9,11,22H,7-8,10H2,1-3H3,(H2,20,21,23). The second kappa shape index (κ2) is 7.68. The van der Waals surface area contributed by atoms with Crippen LogP contribution in [-0.2, 0) is 11.6 Å². The third-order valence-corrected chi connectivity index (χ3v) is 3.51. The molecule has 7 heteroatoms. The molecule has 0 aliphatic rings. The monoisotopic (exact) mass is 332 g/mol. The molecule has 0 saturated heterocycles. The summed E-state index contributed by atoms with van der Waals surface area (Å²) in [4.78, 5) is 11.6. The Balaban J connectivity index is 2.64. The Hall–Kier alpha value is -1.76. The number of carbonyl (C=O) groups is 1. The van der Waals surface area contributed by atoms with E-state index >= 15 is 0 Å². The number of nitrogens with one attached hydrogen (secondary N) is 2. The topological polar surface area (TPSA) is 61.4 Å². The minimum atomic E-state index is -4.39. The third-order valence-electron chi connectivity index (χ3n) is 3.51. The summed E-state index contributed by atoms with van der Waals surface area (Å²) >= 11 is 0. The van der Waals surface area contributed by atoms with Crippen molar-refractivity contribution in [3.63, 3.8) is 0 Å². The molecule has 1 atom stereocenters. The molecule has 1 aromatic carbocycles. The van der Waals surface area contributed by atoms with Gasteiger partial charge in [0.1, 0.15) is 0 Å². The SMILES string of the molecule is CC(O)CCNC(=O)NCC(C)(C)c1cccc(C(F)(F)F)c1. The second-order valence-electron chi connectivity index (χ2n) is 6.21. The van der Waals surface area contributed by atoms with E-state index in [4.69, 9.17) is 5.11 Å². The summed E-state index contributed by atoms with van der Waals surface area (Å²) < 4.78 is 38.3. The van der Waals surface area contributed by atoms with Gasteiger partial charge in [-0.3, -0.25) is 0 Å². The van der Waals surface area contributed by atoms with Gasteiger partial charge in [-0.15, -0.1) is 0 Å². The van der Waals surface area contributed by atoms with E-state index in [0.29, 0.717) is 18.5 Å². The molecule has 0 saturated carbocycles. The summed E-state index contributed by atoms with van der Waals surface area (Å²) in [6.45, 7) is 5.66. The predicted molar refractivity (Wildman–Crippen MR) is 82.2 cm³/mol. The third kappa shape index (κ3) is 6.48. The molecule has 2 amide bonds. The predicted octanol–water partition coefficient (Wildman–Crippen LogP) is 3.05. The molecular formula is C16H23F3N2O2. The van der Waals surface area contributed by atoms with Crippen LogP contribution in [0.5, 0.6) is 0 Å². The summed E-state index contributed by atoms with van der Waals surface area (Å²) in [5.74, 6) is 0. The van der Waals surface area contributed by atoms with E-state index in [-0.39, 0.29) is 6.54 Å². The molecule has 0 fully saturated rings. The maximum absolute atomic E-state index is 12.8. The van der Waals surface area contributed by atoms with Gasteiger partial charge in [-0.1, -0.05) is 32.0 Å². The molecule has 4 nitrogen and oxygen atoms in total. The fraction of sp³-hybridized carbons (Fsp3) is 0.562. The van der Waals surface area contributed by atoms with Gasteiger partial charge in [-0.2, -0.15) is 13.2 Å². The Morgan fingerprint density at radius 3 is 2.39 bits per heavy atom. The number of urea groups is 1. The van der Waals surface area contributed by atoms with Crippen LogP contribution in [0.2, 0.25) is 0 Å². The van der Waals surface area contributed by atoms with E-state index < -0.39 is 29.3 Å². The van der Waals surface area contributed by atoms with Crippen molar-refractivity contribution < 1.29 is 23.1 Å². The van der Waals surface area contributed by atoms with Crippen LogP contribution in [0.3, 0.4) is 0 Å². The largest absolute Gasteiger partial charge is 0.416 e. The van der Waals surface area contributed by atoms with Gasteiger partial charge in [0.25, 0.3) is 0 Å². The quantitative estimate of drug-likeness (QED) is 0.750. The van der Waals surface area contributed by atoms with Crippen LogP contribution in [-0.4, -0.2) is 30.3 Å². The number of benzene rings is 1. The molecule has 0 aliphatic heterocycles. The summed E-state index contributed by atoms with van der Waals surface area (Å²) in [6.07, 6.45) is -4.46. The number of halogens is 3. The lowest BCUT2D eigenvalue weighted by atomic mass is 9.84. The molecular weight excluding hydrogens is 309 g/mol. The molecule has 1 aromatic rings. The van der Waals surface area contributed by atoms with E-state index in [1.165, 1.54) is 6.07 Å². The minimum absolute atomic E-state index is 0.189. The number of rotatable bonds is 6. The Morgan fingerprint density at radius 1 is 1.22 bits per heavy atom. The summed E-state index contributed by atoms with van der Waals surface area (Å²) in [7, 11) is 0. The maximum Gasteiger partial charge on any atom is 0.416 e. The van der Waals surface area contributed by atoms with E-state index in [1.54, 1.807) is 26.8 Å². The number of hydrogen-bond donors (Lipinski definition) is 3. The summed E-state index contributed by atoms with van der Waals surface area (Å²) in [5.41, 5.74) is -0.857. The molecule has 1 rings (SSSR count). The van der Waals surface area contributed by atoms with Crippen LogP contribution in [0, 0.1) is 0 Å². The average molecular weight is 332 g/mol. The first-order valence-electron chi connectivity index (χ1n) is 7.40. The van der Waals surface area contributed by atoms with E-state index in [2.05, 4.69) is 10.6 Å². The van der Waals surface area contributed by atoms with Crippen LogP contribution in [0.1, 0.15) is 38.3 Å².